The van der Waals surface area contributed by atoms with Crippen LogP contribution < -0.4 is 5.32 Å². The van der Waals surface area contributed by atoms with E-state index in [2.05, 4.69) is 18.3 Å². The number of halogens is 1. The zero-order valence-electron chi connectivity index (χ0n) is 9.15. The van der Waals surface area contributed by atoms with Crippen molar-refractivity contribution in [3.8, 4) is 0 Å². The van der Waals surface area contributed by atoms with Gasteiger partial charge in [0.2, 0.25) is 0 Å². The molecule has 16 heavy (non-hydrogen) atoms. The molecule has 2 rings (SSSR count). The number of rotatable bonds is 3. The van der Waals surface area contributed by atoms with Crippen LogP contribution in [0, 0.1) is 6.92 Å². The van der Waals surface area contributed by atoms with E-state index < -0.39 is 0 Å². The normalized spacial score (nSPS) is 12.1. The molecule has 0 fully saturated rings. The van der Waals surface area contributed by atoms with Gasteiger partial charge in [0.15, 0.2) is 0 Å². The molecular formula is C14H14ClN. The van der Waals surface area contributed by atoms with Crippen molar-refractivity contribution in [2.75, 3.05) is 5.32 Å². The summed E-state index contributed by atoms with van der Waals surface area (Å²) in [5.41, 5.74) is 3.16. The summed E-state index contributed by atoms with van der Waals surface area (Å²) in [5.74, 6) is 0. The Morgan fingerprint density at radius 1 is 0.938 bits per heavy atom. The number of hydrogen-bond donors (Lipinski definition) is 1. The maximum atomic E-state index is 6.30. The van der Waals surface area contributed by atoms with Crippen LogP contribution in [0.25, 0.3) is 0 Å². The van der Waals surface area contributed by atoms with Crippen molar-refractivity contribution in [1.82, 2.24) is 0 Å². The predicted molar refractivity (Wildman–Crippen MR) is 69.8 cm³/mol. The average molecular weight is 232 g/mol. The molecule has 0 aromatic heterocycles. The fraction of sp³-hybridized carbons (Fsp3) is 0.143. The van der Waals surface area contributed by atoms with Crippen molar-refractivity contribution in [2.45, 2.75) is 12.4 Å². The molecule has 0 amide bonds. The smallest absolute Gasteiger partial charge is 0.127 e. The zero-order chi connectivity index (χ0) is 11.4. The lowest BCUT2D eigenvalue weighted by Crippen LogP contribution is -2.04. The van der Waals surface area contributed by atoms with E-state index in [-0.39, 0.29) is 5.50 Å². The molecule has 2 aromatic carbocycles. The number of nitrogens with one attached hydrogen (secondary N) is 1. The van der Waals surface area contributed by atoms with Crippen LogP contribution >= 0.6 is 11.6 Å². The third kappa shape index (κ3) is 2.56. The third-order valence-corrected chi connectivity index (χ3v) is 2.88. The first-order valence-corrected chi connectivity index (χ1v) is 5.72. The van der Waals surface area contributed by atoms with Gasteiger partial charge in [-0.1, -0.05) is 60.1 Å². The molecule has 0 radical (unpaired) electrons. The molecule has 1 atom stereocenters. The average Bonchev–Trinajstić information content (AvgIpc) is 2.33. The van der Waals surface area contributed by atoms with Crippen LogP contribution in [0.5, 0.6) is 0 Å². The molecule has 0 aliphatic heterocycles. The summed E-state index contributed by atoms with van der Waals surface area (Å²) in [6.45, 7) is 2.07. The largest absolute Gasteiger partial charge is 0.365 e. The van der Waals surface area contributed by atoms with Gasteiger partial charge in [0.1, 0.15) is 5.50 Å². The van der Waals surface area contributed by atoms with E-state index in [0.717, 1.165) is 11.3 Å². The molecule has 0 heterocycles. The standard InChI is InChI=1S/C14H14ClN/c1-11-7-5-6-10-13(11)16-14(15)12-8-3-2-4-9-12/h2-10,14,16H,1H3. The molecule has 0 aliphatic carbocycles. The Labute approximate surface area is 101 Å². The molecule has 1 unspecified atom stereocenters. The SMILES string of the molecule is Cc1ccccc1NC(Cl)c1ccccc1. The lowest BCUT2D eigenvalue weighted by molar-refractivity contribution is 1.09. The van der Waals surface area contributed by atoms with Gasteiger partial charge in [-0.3, -0.25) is 0 Å². The minimum absolute atomic E-state index is 0.192. The highest BCUT2D eigenvalue weighted by Crippen LogP contribution is 2.24. The van der Waals surface area contributed by atoms with Crippen molar-refractivity contribution >= 4 is 17.3 Å². The summed E-state index contributed by atoms with van der Waals surface area (Å²) < 4.78 is 0. The Morgan fingerprint density at radius 2 is 1.56 bits per heavy atom. The Balaban J connectivity index is 2.14. The van der Waals surface area contributed by atoms with Crippen molar-refractivity contribution < 1.29 is 0 Å². The van der Waals surface area contributed by atoms with Gasteiger partial charge in [-0.05, 0) is 24.1 Å². The van der Waals surface area contributed by atoms with Gasteiger partial charge in [0.25, 0.3) is 0 Å². The van der Waals surface area contributed by atoms with Crippen molar-refractivity contribution in [3.63, 3.8) is 0 Å². The van der Waals surface area contributed by atoms with Crippen molar-refractivity contribution in [3.05, 3.63) is 65.7 Å². The van der Waals surface area contributed by atoms with Crippen molar-refractivity contribution in [2.24, 2.45) is 0 Å². The lowest BCUT2D eigenvalue weighted by Gasteiger charge is -2.15. The van der Waals surface area contributed by atoms with Crippen LogP contribution in [0.2, 0.25) is 0 Å². The number of benzene rings is 2. The first-order chi connectivity index (χ1) is 7.77. The van der Waals surface area contributed by atoms with E-state index >= 15 is 0 Å². The first kappa shape index (κ1) is 11.0. The summed E-state index contributed by atoms with van der Waals surface area (Å²) in [5, 5.41) is 3.29. The van der Waals surface area contributed by atoms with E-state index in [1.165, 1.54) is 5.56 Å². The molecule has 0 saturated heterocycles. The number of aryl methyl sites for hydroxylation is 1. The minimum Gasteiger partial charge on any atom is -0.365 e. The second kappa shape index (κ2) is 5.04. The summed E-state index contributed by atoms with van der Waals surface area (Å²) in [6.07, 6.45) is 0. The Hall–Kier alpha value is -1.47. The van der Waals surface area contributed by atoms with Crippen molar-refractivity contribution in [1.29, 1.82) is 0 Å². The summed E-state index contributed by atoms with van der Waals surface area (Å²) in [7, 11) is 0. The monoisotopic (exact) mass is 231 g/mol. The van der Waals surface area contributed by atoms with Gasteiger partial charge in [0, 0.05) is 5.69 Å². The van der Waals surface area contributed by atoms with Crippen LogP contribution in [-0.4, -0.2) is 0 Å². The highest BCUT2D eigenvalue weighted by atomic mass is 35.5. The highest BCUT2D eigenvalue weighted by Gasteiger charge is 2.07. The quantitative estimate of drug-likeness (QED) is 0.612. The maximum Gasteiger partial charge on any atom is 0.127 e. The fourth-order valence-corrected chi connectivity index (χ4v) is 1.84. The molecule has 2 heteroatoms. The second-order valence-corrected chi connectivity index (χ2v) is 4.17. The molecule has 1 nitrogen and oxygen atoms in total. The minimum atomic E-state index is -0.192. The van der Waals surface area contributed by atoms with Crippen LogP contribution in [0.4, 0.5) is 5.69 Å². The van der Waals surface area contributed by atoms with Gasteiger partial charge in [-0.15, -0.1) is 0 Å². The summed E-state index contributed by atoms with van der Waals surface area (Å²) >= 11 is 6.30. The number of hydrogen-bond acceptors (Lipinski definition) is 1. The van der Waals surface area contributed by atoms with Crippen LogP contribution in [0.3, 0.4) is 0 Å². The molecule has 0 spiro atoms. The number of alkyl halides is 1. The van der Waals surface area contributed by atoms with E-state index in [1.807, 2.05) is 48.5 Å². The maximum absolute atomic E-state index is 6.30. The molecule has 82 valence electrons. The molecule has 0 aliphatic rings. The first-order valence-electron chi connectivity index (χ1n) is 5.28. The summed E-state index contributed by atoms with van der Waals surface area (Å²) in [6, 6.07) is 18.1. The molecular weight excluding hydrogens is 218 g/mol. The van der Waals surface area contributed by atoms with Gasteiger partial charge in [-0.2, -0.15) is 0 Å². The Kier molecular flexibility index (Phi) is 3.47. The predicted octanol–water partition coefficient (Wildman–Crippen LogP) is 4.34. The van der Waals surface area contributed by atoms with E-state index in [4.69, 9.17) is 11.6 Å². The van der Waals surface area contributed by atoms with Gasteiger partial charge < -0.3 is 5.32 Å². The molecule has 0 saturated carbocycles. The third-order valence-electron chi connectivity index (χ3n) is 2.52. The van der Waals surface area contributed by atoms with E-state index in [0.29, 0.717) is 0 Å². The topological polar surface area (TPSA) is 12.0 Å². The summed E-state index contributed by atoms with van der Waals surface area (Å²) in [4.78, 5) is 0. The highest BCUT2D eigenvalue weighted by molar-refractivity contribution is 6.21. The van der Waals surface area contributed by atoms with Crippen LogP contribution in [0.1, 0.15) is 16.6 Å². The zero-order valence-corrected chi connectivity index (χ0v) is 9.91. The van der Waals surface area contributed by atoms with Gasteiger partial charge in [0.05, 0.1) is 0 Å². The Morgan fingerprint density at radius 3 is 2.25 bits per heavy atom. The fourth-order valence-electron chi connectivity index (χ4n) is 1.58. The molecule has 1 N–H and O–H groups in total. The van der Waals surface area contributed by atoms with Crippen LogP contribution in [0.15, 0.2) is 54.6 Å². The van der Waals surface area contributed by atoms with Gasteiger partial charge in [-0.25, -0.2) is 0 Å². The van der Waals surface area contributed by atoms with E-state index in [9.17, 15) is 0 Å². The second-order valence-electron chi connectivity index (χ2n) is 3.73. The molecule has 0 bridgehead atoms. The number of anilines is 1. The lowest BCUT2D eigenvalue weighted by atomic mass is 10.2. The van der Waals surface area contributed by atoms with E-state index in [1.54, 1.807) is 0 Å². The van der Waals surface area contributed by atoms with Crippen LogP contribution in [-0.2, 0) is 0 Å². The number of para-hydroxylation sites is 1. The van der Waals surface area contributed by atoms with Gasteiger partial charge >= 0.3 is 0 Å². The Bertz CT molecular complexity index is 453. The molecule has 2 aromatic rings.